The molecule has 10 heteroatoms. The van der Waals surface area contributed by atoms with Crippen LogP contribution in [0.15, 0.2) is 84.9 Å². The highest BCUT2D eigenvalue weighted by molar-refractivity contribution is 7.90. The van der Waals surface area contributed by atoms with Crippen molar-refractivity contribution in [3.63, 3.8) is 0 Å². The Labute approximate surface area is 252 Å². The van der Waals surface area contributed by atoms with E-state index in [4.69, 9.17) is 9.47 Å². The molecule has 0 aliphatic carbocycles. The van der Waals surface area contributed by atoms with Crippen molar-refractivity contribution in [2.24, 2.45) is 0 Å². The largest absolute Gasteiger partial charge is 0.492 e. The number of likely N-dealkylation sites (tertiary alicyclic amines) is 1. The molecule has 0 radical (unpaired) electrons. The number of para-hydroxylation sites is 1. The molecule has 1 atom stereocenters. The number of nitrogens with zero attached hydrogens (tertiary/aromatic N) is 2. The predicted octanol–water partition coefficient (Wildman–Crippen LogP) is 5.67. The minimum atomic E-state index is -3.98. The van der Waals surface area contributed by atoms with Gasteiger partial charge in [-0.05, 0) is 68.0 Å². The van der Waals surface area contributed by atoms with Crippen LogP contribution in [-0.2, 0) is 27.9 Å². The van der Waals surface area contributed by atoms with Gasteiger partial charge in [-0.25, -0.2) is 17.9 Å². The standard InChI is InChI=1S/C33H37N3O6S/c1-25-15-16-27-23-31(36(30(27)22-25)19-20-41-29-13-6-3-7-14-29)32(37)34-43(39,40)21-17-28-12-8-9-18-35(28)33(38)42-24-26-10-4-2-5-11-26/h2-7,10-11,13-16,22-23,28H,8-9,12,17-21,24H2,1H3,(H,34,37). The van der Waals surface area contributed by atoms with Crippen LogP contribution in [0.5, 0.6) is 5.75 Å². The van der Waals surface area contributed by atoms with Crippen LogP contribution in [-0.4, -0.2) is 54.8 Å². The number of hydrogen-bond acceptors (Lipinski definition) is 6. The van der Waals surface area contributed by atoms with Crippen molar-refractivity contribution < 1.29 is 27.5 Å². The molecule has 1 aromatic heterocycles. The Kier molecular flexibility index (Phi) is 9.66. The summed E-state index contributed by atoms with van der Waals surface area (Å²) in [6, 6.07) is 26.1. The molecule has 3 aromatic carbocycles. The molecule has 1 fully saturated rings. The van der Waals surface area contributed by atoms with E-state index in [0.717, 1.165) is 34.9 Å². The number of fused-ring (bicyclic) bond motifs is 1. The highest BCUT2D eigenvalue weighted by Crippen LogP contribution is 2.24. The van der Waals surface area contributed by atoms with Crippen LogP contribution in [0.2, 0.25) is 0 Å². The first-order valence-corrected chi connectivity index (χ1v) is 16.2. The first-order valence-electron chi connectivity index (χ1n) is 14.6. The number of piperidine rings is 1. The number of ether oxygens (including phenoxy) is 2. The third-order valence-corrected chi connectivity index (χ3v) is 8.92. The van der Waals surface area contributed by atoms with Gasteiger partial charge in [0, 0.05) is 23.5 Å². The van der Waals surface area contributed by atoms with Gasteiger partial charge in [0.1, 0.15) is 24.7 Å². The van der Waals surface area contributed by atoms with Gasteiger partial charge in [-0.2, -0.15) is 0 Å². The van der Waals surface area contributed by atoms with E-state index in [1.165, 1.54) is 0 Å². The zero-order chi connectivity index (χ0) is 30.2. The smallest absolute Gasteiger partial charge is 0.410 e. The summed E-state index contributed by atoms with van der Waals surface area (Å²) < 4.78 is 41.7. The van der Waals surface area contributed by atoms with E-state index < -0.39 is 22.0 Å². The molecule has 43 heavy (non-hydrogen) atoms. The SMILES string of the molecule is Cc1ccc2cc(C(=O)NS(=O)(=O)CCC3CCCCN3C(=O)OCc3ccccc3)n(CCOc3ccccc3)c2c1. The van der Waals surface area contributed by atoms with Crippen LogP contribution in [0.4, 0.5) is 4.79 Å². The van der Waals surface area contributed by atoms with Crippen LogP contribution < -0.4 is 9.46 Å². The topological polar surface area (TPSA) is 107 Å². The average Bonchev–Trinajstić information content (AvgIpc) is 3.37. The van der Waals surface area contributed by atoms with Crippen molar-refractivity contribution in [2.75, 3.05) is 18.9 Å². The Morgan fingerprint density at radius 3 is 2.47 bits per heavy atom. The molecule has 1 aliphatic rings. The Morgan fingerprint density at radius 2 is 1.70 bits per heavy atom. The van der Waals surface area contributed by atoms with Gasteiger partial charge in [0.15, 0.2) is 0 Å². The second kappa shape index (κ2) is 13.8. The lowest BCUT2D eigenvalue weighted by atomic mass is 10.0. The van der Waals surface area contributed by atoms with Crippen LogP contribution in [0.25, 0.3) is 10.9 Å². The molecule has 5 rings (SSSR count). The van der Waals surface area contributed by atoms with Gasteiger partial charge in [-0.3, -0.25) is 4.79 Å². The normalized spacial score (nSPS) is 15.3. The van der Waals surface area contributed by atoms with Gasteiger partial charge in [0.25, 0.3) is 5.91 Å². The van der Waals surface area contributed by atoms with Gasteiger partial charge in [-0.1, -0.05) is 60.7 Å². The molecule has 0 spiro atoms. The molecule has 1 aliphatic heterocycles. The van der Waals surface area contributed by atoms with E-state index in [0.29, 0.717) is 31.9 Å². The van der Waals surface area contributed by atoms with Crippen LogP contribution in [0, 0.1) is 6.92 Å². The first-order chi connectivity index (χ1) is 20.8. The molecule has 0 bridgehead atoms. The highest BCUT2D eigenvalue weighted by atomic mass is 32.2. The second-order valence-electron chi connectivity index (χ2n) is 10.8. The van der Waals surface area contributed by atoms with Crippen LogP contribution in [0.1, 0.15) is 47.3 Å². The Balaban J connectivity index is 1.23. The molecule has 1 saturated heterocycles. The number of aromatic nitrogens is 1. The number of carbonyl (C=O) groups excluding carboxylic acids is 2. The van der Waals surface area contributed by atoms with Crippen molar-refractivity contribution in [1.82, 2.24) is 14.2 Å². The Morgan fingerprint density at radius 1 is 0.953 bits per heavy atom. The number of sulfonamides is 1. The molecule has 226 valence electrons. The lowest BCUT2D eigenvalue weighted by Crippen LogP contribution is -2.45. The van der Waals surface area contributed by atoms with Crippen molar-refractivity contribution in [2.45, 2.75) is 51.8 Å². The van der Waals surface area contributed by atoms with Gasteiger partial charge < -0.3 is 18.9 Å². The number of nitrogens with one attached hydrogen (secondary N) is 1. The minimum absolute atomic E-state index is 0.154. The van der Waals surface area contributed by atoms with Gasteiger partial charge >= 0.3 is 6.09 Å². The van der Waals surface area contributed by atoms with E-state index >= 15 is 0 Å². The Bertz CT molecular complexity index is 1650. The predicted molar refractivity (Wildman–Crippen MR) is 165 cm³/mol. The van der Waals surface area contributed by atoms with E-state index in [9.17, 15) is 18.0 Å². The molecule has 2 amide bonds. The second-order valence-corrected chi connectivity index (χ2v) is 12.7. The molecular formula is C33H37N3O6S. The number of amides is 2. The maximum atomic E-state index is 13.4. The van der Waals surface area contributed by atoms with E-state index in [-0.39, 0.29) is 30.5 Å². The van der Waals surface area contributed by atoms with Gasteiger partial charge in [0.05, 0.1) is 12.3 Å². The lowest BCUT2D eigenvalue weighted by molar-refractivity contribution is 0.0672. The van der Waals surface area contributed by atoms with Gasteiger partial charge in [-0.15, -0.1) is 0 Å². The summed E-state index contributed by atoms with van der Waals surface area (Å²) in [5.41, 5.74) is 2.97. The summed E-state index contributed by atoms with van der Waals surface area (Å²) in [6.07, 6.45) is 2.16. The quantitative estimate of drug-likeness (QED) is 0.237. The zero-order valence-electron chi connectivity index (χ0n) is 24.3. The first kappa shape index (κ1) is 30.2. The fourth-order valence-corrected chi connectivity index (χ4v) is 6.52. The summed E-state index contributed by atoms with van der Waals surface area (Å²) in [5.74, 6) is -0.275. The highest BCUT2D eigenvalue weighted by Gasteiger charge is 2.30. The van der Waals surface area contributed by atoms with Crippen molar-refractivity contribution in [3.05, 3.63) is 102 Å². The zero-order valence-corrected chi connectivity index (χ0v) is 25.1. The number of rotatable bonds is 11. The number of carbonyl (C=O) groups is 2. The third kappa shape index (κ3) is 7.95. The van der Waals surface area contributed by atoms with Crippen molar-refractivity contribution in [1.29, 1.82) is 0 Å². The number of aryl methyl sites for hydroxylation is 1. The van der Waals surface area contributed by atoms with E-state index in [1.807, 2.05) is 85.8 Å². The molecule has 2 heterocycles. The monoisotopic (exact) mass is 603 g/mol. The van der Waals surface area contributed by atoms with Gasteiger partial charge in [0.2, 0.25) is 10.0 Å². The fourth-order valence-electron chi connectivity index (χ4n) is 5.44. The maximum absolute atomic E-state index is 13.4. The number of benzene rings is 3. The summed E-state index contributed by atoms with van der Waals surface area (Å²) in [7, 11) is -3.98. The maximum Gasteiger partial charge on any atom is 0.410 e. The van der Waals surface area contributed by atoms with E-state index in [1.54, 1.807) is 15.5 Å². The molecule has 0 saturated carbocycles. The fraction of sp³-hybridized carbons (Fsp3) is 0.333. The molecule has 1 unspecified atom stereocenters. The Hall–Kier alpha value is -4.31. The summed E-state index contributed by atoms with van der Waals surface area (Å²) in [6.45, 7) is 3.28. The van der Waals surface area contributed by atoms with Crippen molar-refractivity contribution >= 4 is 32.9 Å². The van der Waals surface area contributed by atoms with Crippen LogP contribution in [0.3, 0.4) is 0 Å². The van der Waals surface area contributed by atoms with Crippen molar-refractivity contribution in [3.8, 4) is 5.75 Å². The summed E-state index contributed by atoms with van der Waals surface area (Å²) in [5, 5.41) is 0.833. The summed E-state index contributed by atoms with van der Waals surface area (Å²) in [4.78, 5) is 27.9. The molecule has 9 nitrogen and oxygen atoms in total. The van der Waals surface area contributed by atoms with E-state index in [2.05, 4.69) is 4.72 Å². The average molecular weight is 604 g/mol. The lowest BCUT2D eigenvalue weighted by Gasteiger charge is -2.34. The molecule has 1 N–H and O–H groups in total. The third-order valence-electron chi connectivity index (χ3n) is 7.65. The summed E-state index contributed by atoms with van der Waals surface area (Å²) >= 11 is 0. The minimum Gasteiger partial charge on any atom is -0.492 e. The van der Waals surface area contributed by atoms with Crippen LogP contribution >= 0.6 is 0 Å². The molecule has 4 aromatic rings. The number of hydrogen-bond donors (Lipinski definition) is 1. The molecular weight excluding hydrogens is 566 g/mol.